The minimum Gasteiger partial charge on any atom is -0.300 e. The Morgan fingerprint density at radius 3 is 2.53 bits per heavy atom. The summed E-state index contributed by atoms with van der Waals surface area (Å²) < 4.78 is 0. The molecule has 0 N–H and O–H groups in total. The van der Waals surface area contributed by atoms with Gasteiger partial charge in [-0.3, -0.25) is 4.79 Å². The third-order valence-electron chi connectivity index (χ3n) is 2.35. The van der Waals surface area contributed by atoms with Crippen molar-refractivity contribution in [2.24, 2.45) is 5.92 Å². The number of ketones is 1. The minimum atomic E-state index is 0.399. The Morgan fingerprint density at radius 2 is 2.00 bits per heavy atom. The molecule has 2 heteroatoms. The standard InChI is InChI=1S/C13H20OS/c1-4-12-7-8-13(15-12)6-5-11(14)9-10(2)3/h7-8,10H,4-6,9H2,1-3H3. The summed E-state index contributed by atoms with van der Waals surface area (Å²) in [5.74, 6) is 0.892. The van der Waals surface area contributed by atoms with Crippen LogP contribution in [0.15, 0.2) is 12.1 Å². The van der Waals surface area contributed by atoms with Gasteiger partial charge in [-0.1, -0.05) is 20.8 Å². The Labute approximate surface area is 96.5 Å². The molecule has 15 heavy (non-hydrogen) atoms. The normalized spacial score (nSPS) is 10.9. The van der Waals surface area contributed by atoms with Gasteiger partial charge in [-0.05, 0) is 30.9 Å². The van der Waals surface area contributed by atoms with Gasteiger partial charge in [0.1, 0.15) is 5.78 Å². The number of aryl methyl sites for hydroxylation is 2. The van der Waals surface area contributed by atoms with Crippen LogP contribution in [0.3, 0.4) is 0 Å². The highest BCUT2D eigenvalue weighted by Crippen LogP contribution is 2.19. The van der Waals surface area contributed by atoms with E-state index in [1.807, 2.05) is 11.3 Å². The van der Waals surface area contributed by atoms with E-state index < -0.39 is 0 Å². The van der Waals surface area contributed by atoms with Crippen LogP contribution in [0, 0.1) is 5.92 Å². The predicted octanol–water partition coefficient (Wildman–Crippen LogP) is 3.86. The van der Waals surface area contributed by atoms with Crippen LogP contribution < -0.4 is 0 Å². The van der Waals surface area contributed by atoms with Crippen molar-refractivity contribution in [3.63, 3.8) is 0 Å². The Bertz CT molecular complexity index is 312. The molecule has 0 atom stereocenters. The van der Waals surface area contributed by atoms with Crippen molar-refractivity contribution in [3.05, 3.63) is 21.9 Å². The van der Waals surface area contributed by atoms with Crippen LogP contribution in [-0.4, -0.2) is 5.78 Å². The fraction of sp³-hybridized carbons (Fsp3) is 0.615. The number of rotatable bonds is 6. The van der Waals surface area contributed by atoms with E-state index in [9.17, 15) is 4.79 Å². The average Bonchev–Trinajstić information content (AvgIpc) is 2.61. The van der Waals surface area contributed by atoms with E-state index in [1.165, 1.54) is 9.75 Å². The van der Waals surface area contributed by atoms with Gasteiger partial charge in [0.25, 0.3) is 0 Å². The van der Waals surface area contributed by atoms with Gasteiger partial charge in [0.15, 0.2) is 0 Å². The molecule has 0 amide bonds. The van der Waals surface area contributed by atoms with Crippen molar-refractivity contribution in [2.75, 3.05) is 0 Å². The van der Waals surface area contributed by atoms with Crippen LogP contribution >= 0.6 is 11.3 Å². The summed E-state index contributed by atoms with van der Waals surface area (Å²) in [4.78, 5) is 14.3. The topological polar surface area (TPSA) is 17.1 Å². The molecular weight excluding hydrogens is 204 g/mol. The van der Waals surface area contributed by atoms with Crippen LogP contribution in [0.4, 0.5) is 0 Å². The maximum absolute atomic E-state index is 11.5. The maximum atomic E-state index is 11.5. The van der Waals surface area contributed by atoms with Crippen molar-refractivity contribution in [3.8, 4) is 0 Å². The summed E-state index contributed by atoms with van der Waals surface area (Å²) >= 11 is 1.84. The molecule has 0 saturated carbocycles. The molecule has 1 rings (SSSR count). The van der Waals surface area contributed by atoms with Gasteiger partial charge in [-0.15, -0.1) is 11.3 Å². The van der Waals surface area contributed by atoms with E-state index in [0.717, 1.165) is 19.3 Å². The van der Waals surface area contributed by atoms with Gasteiger partial charge in [0.2, 0.25) is 0 Å². The quantitative estimate of drug-likeness (QED) is 0.717. The number of carbonyl (C=O) groups excluding carboxylic acids is 1. The lowest BCUT2D eigenvalue weighted by Crippen LogP contribution is -2.03. The summed E-state index contributed by atoms with van der Waals surface area (Å²) in [6.07, 6.45) is 3.47. The summed E-state index contributed by atoms with van der Waals surface area (Å²) in [6, 6.07) is 4.33. The Balaban J connectivity index is 2.33. The SMILES string of the molecule is CCc1ccc(CCC(=O)CC(C)C)s1. The molecule has 84 valence electrons. The molecule has 0 unspecified atom stereocenters. The van der Waals surface area contributed by atoms with Crippen molar-refractivity contribution in [1.29, 1.82) is 0 Å². The summed E-state index contributed by atoms with van der Waals surface area (Å²) in [7, 11) is 0. The van der Waals surface area contributed by atoms with Crippen molar-refractivity contribution < 1.29 is 4.79 Å². The maximum Gasteiger partial charge on any atom is 0.133 e. The molecule has 1 aromatic heterocycles. The van der Waals surface area contributed by atoms with Crippen LogP contribution in [-0.2, 0) is 17.6 Å². The second-order valence-corrected chi connectivity index (χ2v) is 5.61. The zero-order valence-electron chi connectivity index (χ0n) is 9.88. The van der Waals surface area contributed by atoms with Crippen molar-refractivity contribution in [1.82, 2.24) is 0 Å². The van der Waals surface area contributed by atoms with E-state index in [2.05, 4.69) is 32.9 Å². The molecule has 0 bridgehead atoms. The first-order valence-electron chi connectivity index (χ1n) is 5.71. The Hall–Kier alpha value is -0.630. The van der Waals surface area contributed by atoms with Crippen LogP contribution in [0.1, 0.15) is 43.4 Å². The van der Waals surface area contributed by atoms with E-state index >= 15 is 0 Å². The van der Waals surface area contributed by atoms with Gasteiger partial charge >= 0.3 is 0 Å². The second kappa shape index (κ2) is 6.06. The van der Waals surface area contributed by atoms with Crippen molar-refractivity contribution >= 4 is 17.1 Å². The Kier molecular flexibility index (Phi) is 5.03. The molecule has 0 radical (unpaired) electrons. The summed E-state index contributed by atoms with van der Waals surface area (Å²) in [5.41, 5.74) is 0. The van der Waals surface area contributed by atoms with Gasteiger partial charge in [0.05, 0.1) is 0 Å². The first-order chi connectivity index (χ1) is 7.11. The minimum absolute atomic E-state index is 0.399. The Morgan fingerprint density at radius 1 is 1.33 bits per heavy atom. The van der Waals surface area contributed by atoms with Gasteiger partial charge in [0, 0.05) is 22.6 Å². The highest BCUT2D eigenvalue weighted by Gasteiger charge is 2.06. The molecule has 0 aliphatic heterocycles. The molecular formula is C13H20OS. The second-order valence-electron chi connectivity index (χ2n) is 4.36. The fourth-order valence-corrected chi connectivity index (χ4v) is 2.52. The largest absolute Gasteiger partial charge is 0.300 e. The van der Waals surface area contributed by atoms with E-state index in [-0.39, 0.29) is 0 Å². The third-order valence-corrected chi connectivity index (χ3v) is 3.64. The van der Waals surface area contributed by atoms with E-state index in [0.29, 0.717) is 18.1 Å². The summed E-state index contributed by atoms with van der Waals surface area (Å²) in [5, 5.41) is 0. The molecule has 0 aliphatic rings. The zero-order chi connectivity index (χ0) is 11.3. The molecule has 0 aromatic carbocycles. The molecule has 0 saturated heterocycles. The number of hydrogen-bond acceptors (Lipinski definition) is 2. The number of carbonyl (C=O) groups is 1. The lowest BCUT2D eigenvalue weighted by atomic mass is 10.0. The van der Waals surface area contributed by atoms with Crippen molar-refractivity contribution in [2.45, 2.75) is 46.5 Å². The first kappa shape index (κ1) is 12.4. The summed E-state index contributed by atoms with van der Waals surface area (Å²) in [6.45, 7) is 6.36. The lowest BCUT2D eigenvalue weighted by Gasteiger charge is -2.02. The molecule has 1 nitrogen and oxygen atoms in total. The van der Waals surface area contributed by atoms with Crippen LogP contribution in [0.5, 0.6) is 0 Å². The highest BCUT2D eigenvalue weighted by molar-refractivity contribution is 7.11. The number of thiophene rings is 1. The fourth-order valence-electron chi connectivity index (χ4n) is 1.57. The van der Waals surface area contributed by atoms with Gasteiger partial charge in [-0.2, -0.15) is 0 Å². The average molecular weight is 224 g/mol. The first-order valence-corrected chi connectivity index (χ1v) is 6.52. The molecule has 0 fully saturated rings. The molecule has 1 aromatic rings. The van der Waals surface area contributed by atoms with E-state index in [1.54, 1.807) is 0 Å². The van der Waals surface area contributed by atoms with Gasteiger partial charge in [-0.25, -0.2) is 0 Å². The van der Waals surface area contributed by atoms with Crippen LogP contribution in [0.2, 0.25) is 0 Å². The van der Waals surface area contributed by atoms with Crippen LogP contribution in [0.25, 0.3) is 0 Å². The highest BCUT2D eigenvalue weighted by atomic mass is 32.1. The lowest BCUT2D eigenvalue weighted by molar-refractivity contribution is -0.119. The third kappa shape index (κ3) is 4.61. The smallest absolute Gasteiger partial charge is 0.133 e. The predicted molar refractivity (Wildman–Crippen MR) is 66.5 cm³/mol. The number of Topliss-reactive ketones (excluding diaryl/α,β-unsaturated/α-hetero) is 1. The number of hydrogen-bond donors (Lipinski definition) is 0. The molecule has 0 aliphatic carbocycles. The zero-order valence-corrected chi connectivity index (χ0v) is 10.7. The molecule has 1 heterocycles. The van der Waals surface area contributed by atoms with E-state index in [4.69, 9.17) is 0 Å². The molecule has 0 spiro atoms. The van der Waals surface area contributed by atoms with Gasteiger partial charge < -0.3 is 0 Å². The monoisotopic (exact) mass is 224 g/mol.